The number of carbonyl (C=O) groups excluding carboxylic acids is 1. The normalized spacial score (nSPS) is 25.1. The molecule has 2 saturated heterocycles. The third-order valence-electron chi connectivity index (χ3n) is 5.92. The molecule has 22 heavy (non-hydrogen) atoms. The number of piperidine rings is 1. The first-order chi connectivity index (χ1) is 10.7. The van der Waals surface area contributed by atoms with Crippen LogP contribution in [0.4, 0.5) is 0 Å². The Morgan fingerprint density at radius 1 is 1.09 bits per heavy atom. The zero-order chi connectivity index (χ0) is 15.2. The number of hydrogen-bond acceptors (Lipinski definition) is 3. The van der Waals surface area contributed by atoms with Gasteiger partial charge < -0.3 is 0 Å². The Morgan fingerprint density at radius 3 is 2.32 bits per heavy atom. The van der Waals surface area contributed by atoms with Crippen LogP contribution in [-0.2, 0) is 22.5 Å². The second-order valence-electron chi connectivity index (χ2n) is 6.96. The molecule has 2 fully saturated rings. The predicted molar refractivity (Wildman–Crippen MR) is 84.3 cm³/mol. The van der Waals surface area contributed by atoms with E-state index in [1.807, 2.05) is 0 Å². The van der Waals surface area contributed by atoms with Crippen molar-refractivity contribution in [3.8, 4) is 0 Å². The molecule has 1 amide bonds. The van der Waals surface area contributed by atoms with Crippen molar-refractivity contribution in [2.24, 2.45) is 0 Å². The molecule has 0 radical (unpaired) electrons. The molecule has 0 saturated carbocycles. The summed E-state index contributed by atoms with van der Waals surface area (Å²) in [6, 6.07) is 9.47. The van der Waals surface area contributed by atoms with Gasteiger partial charge in [-0.3, -0.25) is 14.5 Å². The lowest BCUT2D eigenvalue weighted by atomic mass is 9.85. The van der Waals surface area contributed by atoms with Crippen LogP contribution in [0.15, 0.2) is 24.3 Å². The number of hydrogen-bond donors (Lipinski definition) is 0. The summed E-state index contributed by atoms with van der Waals surface area (Å²) in [7, 11) is 1.63. The SMILES string of the molecule is CON1C(=O)CCC12CCN(C1Cc3ccccc3C1)CC2. The molecule has 1 aliphatic carbocycles. The van der Waals surface area contributed by atoms with E-state index in [0.29, 0.717) is 12.5 Å². The summed E-state index contributed by atoms with van der Waals surface area (Å²) in [6.07, 6.45) is 6.03. The van der Waals surface area contributed by atoms with Gasteiger partial charge >= 0.3 is 0 Å². The van der Waals surface area contributed by atoms with Crippen molar-refractivity contribution >= 4 is 5.91 Å². The lowest BCUT2D eigenvalue weighted by Crippen LogP contribution is -2.54. The molecule has 4 heteroatoms. The van der Waals surface area contributed by atoms with Crippen LogP contribution < -0.4 is 0 Å². The van der Waals surface area contributed by atoms with Crippen molar-refractivity contribution in [3.05, 3.63) is 35.4 Å². The van der Waals surface area contributed by atoms with E-state index in [2.05, 4.69) is 29.2 Å². The second-order valence-corrected chi connectivity index (χ2v) is 6.96. The molecule has 0 bridgehead atoms. The number of carbonyl (C=O) groups is 1. The molecule has 1 spiro atoms. The van der Waals surface area contributed by atoms with Crippen LogP contribution in [0.1, 0.15) is 36.8 Å². The Kier molecular flexibility index (Phi) is 3.46. The van der Waals surface area contributed by atoms with Crippen LogP contribution >= 0.6 is 0 Å². The van der Waals surface area contributed by atoms with Gasteiger partial charge in [-0.2, -0.15) is 0 Å². The standard InChI is InChI=1S/C18H24N2O2/c1-22-20-17(21)6-7-18(20)8-10-19(11-9-18)16-12-14-4-2-3-5-15(14)13-16/h2-5,16H,6-13H2,1H3. The van der Waals surface area contributed by atoms with Gasteiger partial charge in [-0.25, -0.2) is 5.06 Å². The van der Waals surface area contributed by atoms with Crippen molar-refractivity contribution in [2.75, 3.05) is 20.2 Å². The van der Waals surface area contributed by atoms with Crippen LogP contribution in [0.2, 0.25) is 0 Å². The maximum atomic E-state index is 12.0. The molecule has 4 nitrogen and oxygen atoms in total. The molecule has 0 aromatic heterocycles. The number of fused-ring (bicyclic) bond motifs is 1. The quantitative estimate of drug-likeness (QED) is 0.839. The highest BCUT2D eigenvalue weighted by atomic mass is 16.7. The molecule has 0 N–H and O–H groups in total. The van der Waals surface area contributed by atoms with E-state index in [1.165, 1.54) is 24.0 Å². The van der Waals surface area contributed by atoms with E-state index in [1.54, 1.807) is 12.2 Å². The molecular formula is C18H24N2O2. The van der Waals surface area contributed by atoms with Gasteiger partial charge in [-0.05, 0) is 43.2 Å². The van der Waals surface area contributed by atoms with Gasteiger partial charge in [0.05, 0.1) is 12.6 Å². The highest BCUT2D eigenvalue weighted by Gasteiger charge is 2.48. The molecule has 2 heterocycles. The molecule has 1 aromatic rings. The first kappa shape index (κ1) is 14.2. The minimum atomic E-state index is -0.0339. The van der Waals surface area contributed by atoms with Crippen LogP contribution in [-0.4, -0.2) is 47.7 Å². The fourth-order valence-electron chi connectivity index (χ4n) is 4.66. The van der Waals surface area contributed by atoms with Gasteiger partial charge in [0.1, 0.15) is 0 Å². The Hall–Kier alpha value is -1.39. The van der Waals surface area contributed by atoms with E-state index in [0.717, 1.165) is 32.4 Å². The summed E-state index contributed by atoms with van der Waals surface area (Å²) >= 11 is 0. The Morgan fingerprint density at radius 2 is 1.73 bits per heavy atom. The van der Waals surface area contributed by atoms with Crippen LogP contribution in [0.3, 0.4) is 0 Å². The topological polar surface area (TPSA) is 32.8 Å². The van der Waals surface area contributed by atoms with E-state index >= 15 is 0 Å². The summed E-state index contributed by atoms with van der Waals surface area (Å²) < 4.78 is 0. The molecule has 1 aromatic carbocycles. The number of nitrogens with zero attached hydrogens (tertiary/aromatic N) is 2. The molecule has 4 rings (SSSR count). The van der Waals surface area contributed by atoms with Crippen LogP contribution in [0, 0.1) is 0 Å². The van der Waals surface area contributed by atoms with E-state index < -0.39 is 0 Å². The summed E-state index contributed by atoms with van der Waals surface area (Å²) in [5.74, 6) is 0.157. The first-order valence-electron chi connectivity index (χ1n) is 8.40. The largest absolute Gasteiger partial charge is 0.300 e. The van der Waals surface area contributed by atoms with Crippen molar-refractivity contribution < 1.29 is 9.63 Å². The van der Waals surface area contributed by atoms with Gasteiger partial charge in [0.15, 0.2) is 0 Å². The fourth-order valence-corrected chi connectivity index (χ4v) is 4.66. The minimum Gasteiger partial charge on any atom is -0.300 e. The van der Waals surface area contributed by atoms with Crippen LogP contribution in [0.25, 0.3) is 0 Å². The smallest absolute Gasteiger partial charge is 0.246 e. The number of rotatable bonds is 2. The fraction of sp³-hybridized carbons (Fsp3) is 0.611. The average Bonchev–Trinajstić information content (AvgIpc) is 3.10. The lowest BCUT2D eigenvalue weighted by molar-refractivity contribution is -0.203. The van der Waals surface area contributed by atoms with E-state index in [9.17, 15) is 4.79 Å². The summed E-state index contributed by atoms with van der Waals surface area (Å²) in [5, 5.41) is 1.67. The second kappa shape index (κ2) is 5.36. The maximum absolute atomic E-state index is 12.0. The number of hydroxylamine groups is 2. The van der Waals surface area contributed by atoms with E-state index in [-0.39, 0.29) is 11.4 Å². The molecule has 3 aliphatic rings. The molecule has 118 valence electrons. The van der Waals surface area contributed by atoms with Crippen LogP contribution in [0.5, 0.6) is 0 Å². The number of benzene rings is 1. The van der Waals surface area contributed by atoms with Gasteiger partial charge in [-0.1, -0.05) is 24.3 Å². The van der Waals surface area contributed by atoms with Gasteiger partial charge in [0.25, 0.3) is 0 Å². The highest BCUT2D eigenvalue weighted by molar-refractivity contribution is 5.78. The zero-order valence-corrected chi connectivity index (χ0v) is 13.3. The van der Waals surface area contributed by atoms with Crippen molar-refractivity contribution in [2.45, 2.75) is 50.1 Å². The highest BCUT2D eigenvalue weighted by Crippen LogP contribution is 2.40. The van der Waals surface area contributed by atoms with Gasteiger partial charge in [0, 0.05) is 25.6 Å². The molecule has 0 atom stereocenters. The van der Waals surface area contributed by atoms with Gasteiger partial charge in [0.2, 0.25) is 5.91 Å². The Labute approximate surface area is 132 Å². The first-order valence-corrected chi connectivity index (χ1v) is 8.40. The summed E-state index contributed by atoms with van der Waals surface area (Å²) in [4.78, 5) is 20.0. The van der Waals surface area contributed by atoms with Crippen molar-refractivity contribution in [1.82, 2.24) is 9.96 Å². The predicted octanol–water partition coefficient (Wildman–Crippen LogP) is 2.17. The summed E-state index contributed by atoms with van der Waals surface area (Å²) in [5.41, 5.74) is 3.00. The zero-order valence-electron chi connectivity index (χ0n) is 13.3. The molecule has 2 aliphatic heterocycles. The number of amides is 1. The monoisotopic (exact) mass is 300 g/mol. The van der Waals surface area contributed by atoms with Gasteiger partial charge in [-0.15, -0.1) is 0 Å². The minimum absolute atomic E-state index is 0.0339. The summed E-state index contributed by atoms with van der Waals surface area (Å²) in [6.45, 7) is 2.15. The lowest BCUT2D eigenvalue weighted by Gasteiger charge is -2.45. The Balaban J connectivity index is 1.42. The average molecular weight is 300 g/mol. The van der Waals surface area contributed by atoms with Crippen molar-refractivity contribution in [3.63, 3.8) is 0 Å². The Bertz CT molecular complexity index is 553. The third-order valence-corrected chi connectivity index (χ3v) is 5.92. The maximum Gasteiger partial charge on any atom is 0.246 e. The molecular weight excluding hydrogens is 276 g/mol. The van der Waals surface area contributed by atoms with Crippen molar-refractivity contribution in [1.29, 1.82) is 0 Å². The molecule has 0 unspecified atom stereocenters. The van der Waals surface area contributed by atoms with E-state index in [4.69, 9.17) is 4.84 Å². The number of likely N-dealkylation sites (tertiary alicyclic amines) is 1. The third kappa shape index (κ3) is 2.17.